The molecule has 0 saturated heterocycles. The molecule has 0 aromatic heterocycles. The highest BCUT2D eigenvalue weighted by Crippen LogP contribution is 2.14. The number of Topliss-reactive ketones (excluding diaryl/α,β-unsaturated/α-hetero) is 1. The van der Waals surface area contributed by atoms with Crippen LogP contribution in [-0.2, 0) is 11.2 Å². The molecule has 0 heterocycles. The van der Waals surface area contributed by atoms with Crippen molar-refractivity contribution in [1.29, 1.82) is 0 Å². The van der Waals surface area contributed by atoms with Crippen LogP contribution in [0, 0.1) is 0 Å². The molecule has 21 heavy (non-hydrogen) atoms. The van der Waals surface area contributed by atoms with E-state index in [1.54, 1.807) is 18.2 Å². The Kier molecular flexibility index (Phi) is 6.60. The maximum atomic E-state index is 11.6. The highest BCUT2D eigenvalue weighted by molar-refractivity contribution is 6.40. The Morgan fingerprint density at radius 1 is 1.10 bits per heavy atom. The molecule has 0 radical (unpaired) electrons. The van der Waals surface area contributed by atoms with Crippen molar-refractivity contribution in [1.82, 2.24) is 0 Å². The van der Waals surface area contributed by atoms with E-state index < -0.39 is 11.8 Å². The van der Waals surface area contributed by atoms with Gasteiger partial charge in [0.05, 0.1) is 0 Å². The zero-order chi connectivity index (χ0) is 15.8. The Morgan fingerprint density at radius 2 is 1.76 bits per heavy atom. The third kappa shape index (κ3) is 5.78. The Morgan fingerprint density at radius 3 is 2.38 bits per heavy atom. The second kappa shape index (κ2) is 8.20. The van der Waals surface area contributed by atoms with Crippen LogP contribution in [-0.4, -0.2) is 16.9 Å². The summed E-state index contributed by atoms with van der Waals surface area (Å²) in [7, 11) is 0. The van der Waals surface area contributed by atoms with E-state index in [4.69, 9.17) is 5.11 Å². The number of allylic oxidation sites excluding steroid dienone is 4. The van der Waals surface area contributed by atoms with Crippen LogP contribution in [0.25, 0.3) is 0 Å². The molecule has 1 N–H and O–H groups in total. The molecule has 0 aliphatic carbocycles. The van der Waals surface area contributed by atoms with Crippen LogP contribution >= 0.6 is 0 Å². The first-order valence-corrected chi connectivity index (χ1v) is 7.06. The van der Waals surface area contributed by atoms with Crippen LogP contribution < -0.4 is 0 Å². The molecular formula is C18H22O3. The second-order valence-corrected chi connectivity index (χ2v) is 5.37. The minimum Gasteiger partial charge on any atom is -0.475 e. The topological polar surface area (TPSA) is 54.4 Å². The van der Waals surface area contributed by atoms with Gasteiger partial charge in [0, 0.05) is 5.56 Å². The molecule has 1 aromatic rings. The number of carboxylic acids is 1. The average molecular weight is 286 g/mol. The molecule has 1 rings (SSSR count). The van der Waals surface area contributed by atoms with E-state index in [-0.39, 0.29) is 5.56 Å². The first-order valence-electron chi connectivity index (χ1n) is 7.06. The second-order valence-electron chi connectivity index (χ2n) is 5.37. The molecule has 3 nitrogen and oxygen atoms in total. The summed E-state index contributed by atoms with van der Waals surface area (Å²) >= 11 is 0. The van der Waals surface area contributed by atoms with Crippen LogP contribution in [0.2, 0.25) is 0 Å². The number of rotatable bonds is 7. The van der Waals surface area contributed by atoms with Gasteiger partial charge in [-0.2, -0.15) is 0 Å². The van der Waals surface area contributed by atoms with Crippen molar-refractivity contribution in [3.05, 3.63) is 58.7 Å². The van der Waals surface area contributed by atoms with Crippen LogP contribution in [0.1, 0.15) is 49.5 Å². The lowest BCUT2D eigenvalue weighted by atomic mass is 9.99. The summed E-state index contributed by atoms with van der Waals surface area (Å²) < 4.78 is 0. The Labute approximate surface area is 126 Å². The SMILES string of the molecule is CC(C)=CCCC(C)=CCc1ccccc1C(=O)C(=O)O. The normalized spacial score (nSPS) is 11.1. The lowest BCUT2D eigenvalue weighted by Gasteiger charge is -2.05. The standard InChI is InChI=1S/C18H22O3/c1-13(2)7-6-8-14(3)11-12-15-9-4-5-10-16(15)17(19)18(20)21/h4-5,7,9-11H,6,8,12H2,1-3H3,(H,20,21). The molecular weight excluding hydrogens is 264 g/mol. The van der Waals surface area contributed by atoms with Gasteiger partial charge >= 0.3 is 5.97 Å². The summed E-state index contributed by atoms with van der Waals surface area (Å²) in [6, 6.07) is 6.87. The van der Waals surface area contributed by atoms with Crippen molar-refractivity contribution >= 4 is 11.8 Å². The van der Waals surface area contributed by atoms with Gasteiger partial charge in [-0.1, -0.05) is 47.6 Å². The summed E-state index contributed by atoms with van der Waals surface area (Å²) in [5, 5.41) is 8.83. The molecule has 0 amide bonds. The monoisotopic (exact) mass is 286 g/mol. The largest absolute Gasteiger partial charge is 0.475 e. The maximum absolute atomic E-state index is 11.6. The zero-order valence-corrected chi connectivity index (χ0v) is 12.8. The van der Waals surface area contributed by atoms with Gasteiger partial charge in [-0.25, -0.2) is 4.79 Å². The number of hydrogen-bond donors (Lipinski definition) is 1. The molecule has 0 aliphatic heterocycles. The molecule has 0 aliphatic rings. The fourth-order valence-electron chi connectivity index (χ4n) is 2.01. The van der Waals surface area contributed by atoms with Crippen molar-refractivity contribution in [2.75, 3.05) is 0 Å². The van der Waals surface area contributed by atoms with Crippen LogP contribution in [0.3, 0.4) is 0 Å². The average Bonchev–Trinajstić information content (AvgIpc) is 2.44. The molecule has 0 unspecified atom stereocenters. The van der Waals surface area contributed by atoms with Crippen molar-refractivity contribution in [2.45, 2.75) is 40.0 Å². The van der Waals surface area contributed by atoms with Gasteiger partial charge in [-0.05, 0) is 45.6 Å². The number of carbonyl (C=O) groups is 2. The maximum Gasteiger partial charge on any atom is 0.377 e. The first-order chi connectivity index (χ1) is 9.91. The molecule has 0 spiro atoms. The van der Waals surface area contributed by atoms with E-state index in [2.05, 4.69) is 32.9 Å². The van der Waals surface area contributed by atoms with E-state index in [0.717, 1.165) is 18.4 Å². The predicted octanol–water partition coefficient (Wildman–Crippen LogP) is 4.19. The Bertz CT molecular complexity index is 576. The molecule has 0 bridgehead atoms. The fourth-order valence-corrected chi connectivity index (χ4v) is 2.01. The fraction of sp³-hybridized carbons (Fsp3) is 0.333. The smallest absolute Gasteiger partial charge is 0.377 e. The van der Waals surface area contributed by atoms with Crippen LogP contribution in [0.4, 0.5) is 0 Å². The summed E-state index contributed by atoms with van der Waals surface area (Å²) in [6.45, 7) is 6.21. The van der Waals surface area contributed by atoms with Crippen LogP contribution in [0.15, 0.2) is 47.6 Å². The van der Waals surface area contributed by atoms with Gasteiger partial charge in [0.1, 0.15) is 0 Å². The third-order valence-corrected chi connectivity index (χ3v) is 3.22. The number of hydrogen-bond acceptors (Lipinski definition) is 2. The zero-order valence-electron chi connectivity index (χ0n) is 12.8. The van der Waals surface area contributed by atoms with E-state index in [9.17, 15) is 9.59 Å². The van der Waals surface area contributed by atoms with Gasteiger partial charge in [-0.3, -0.25) is 4.79 Å². The minimum absolute atomic E-state index is 0.276. The number of benzene rings is 1. The summed E-state index contributed by atoms with van der Waals surface area (Å²) in [6.07, 6.45) is 6.81. The van der Waals surface area contributed by atoms with E-state index >= 15 is 0 Å². The van der Waals surface area contributed by atoms with Gasteiger partial charge in [0.15, 0.2) is 0 Å². The van der Waals surface area contributed by atoms with Crippen molar-refractivity contribution in [2.24, 2.45) is 0 Å². The van der Waals surface area contributed by atoms with Gasteiger partial charge in [0.2, 0.25) is 0 Å². The highest BCUT2D eigenvalue weighted by atomic mass is 16.4. The number of ketones is 1. The summed E-state index contributed by atoms with van der Waals surface area (Å²) in [5.41, 5.74) is 3.58. The molecule has 1 aromatic carbocycles. The highest BCUT2D eigenvalue weighted by Gasteiger charge is 2.17. The molecule has 112 valence electrons. The number of carbonyl (C=O) groups excluding carboxylic acids is 1. The number of carboxylic acid groups (broad SMARTS) is 1. The summed E-state index contributed by atoms with van der Waals surface area (Å²) in [5.74, 6) is -2.26. The van der Waals surface area contributed by atoms with E-state index in [0.29, 0.717) is 6.42 Å². The summed E-state index contributed by atoms with van der Waals surface area (Å²) in [4.78, 5) is 22.5. The van der Waals surface area contributed by atoms with E-state index in [1.807, 2.05) is 6.07 Å². The predicted molar refractivity (Wildman–Crippen MR) is 84.5 cm³/mol. The van der Waals surface area contributed by atoms with Crippen molar-refractivity contribution in [3.8, 4) is 0 Å². The van der Waals surface area contributed by atoms with E-state index in [1.165, 1.54) is 11.1 Å². The number of aliphatic carboxylic acids is 1. The van der Waals surface area contributed by atoms with Gasteiger partial charge < -0.3 is 5.11 Å². The van der Waals surface area contributed by atoms with Crippen LogP contribution in [0.5, 0.6) is 0 Å². The van der Waals surface area contributed by atoms with Crippen molar-refractivity contribution < 1.29 is 14.7 Å². The molecule has 0 saturated carbocycles. The lowest BCUT2D eigenvalue weighted by molar-refractivity contribution is -0.131. The van der Waals surface area contributed by atoms with Crippen molar-refractivity contribution in [3.63, 3.8) is 0 Å². The molecule has 0 atom stereocenters. The first kappa shape index (κ1) is 16.9. The Hall–Kier alpha value is -2.16. The Balaban J connectivity index is 2.77. The molecule has 0 fully saturated rings. The molecule has 3 heteroatoms. The quantitative estimate of drug-likeness (QED) is 0.464. The van der Waals surface area contributed by atoms with Gasteiger partial charge in [0.25, 0.3) is 5.78 Å². The lowest BCUT2D eigenvalue weighted by Crippen LogP contribution is -2.14. The van der Waals surface area contributed by atoms with Gasteiger partial charge in [-0.15, -0.1) is 0 Å². The minimum atomic E-state index is -1.41. The third-order valence-electron chi connectivity index (χ3n) is 3.22.